The lowest BCUT2D eigenvalue weighted by atomic mass is 9.70. The summed E-state index contributed by atoms with van der Waals surface area (Å²) in [6, 6.07) is 8.87. The fourth-order valence-electron chi connectivity index (χ4n) is 7.39. The molecule has 6 atom stereocenters. The highest BCUT2D eigenvalue weighted by Crippen LogP contribution is 2.60. The molecule has 3 amide bonds. The molecule has 1 aromatic rings. The van der Waals surface area contributed by atoms with Gasteiger partial charge in [-0.2, -0.15) is 0 Å². The van der Waals surface area contributed by atoms with Gasteiger partial charge in [0.25, 0.3) is 0 Å². The molecular formula is C31H46BrN3O5. The predicted molar refractivity (Wildman–Crippen MR) is 158 cm³/mol. The summed E-state index contributed by atoms with van der Waals surface area (Å²) in [6.45, 7) is 11.4. The van der Waals surface area contributed by atoms with Crippen LogP contribution < -0.4 is 10.6 Å². The van der Waals surface area contributed by atoms with Gasteiger partial charge in [0.15, 0.2) is 0 Å². The van der Waals surface area contributed by atoms with Crippen molar-refractivity contribution >= 4 is 33.7 Å². The second kappa shape index (κ2) is 12.1. The first kappa shape index (κ1) is 31.0. The minimum Gasteiger partial charge on any atom is -0.396 e. The number of carbonyl (C=O) groups is 3. The van der Waals surface area contributed by atoms with E-state index in [9.17, 15) is 14.4 Å². The van der Waals surface area contributed by atoms with Crippen molar-refractivity contribution < 1.29 is 24.2 Å². The summed E-state index contributed by atoms with van der Waals surface area (Å²) in [5.74, 6) is -1.98. The number of nitrogens with zero attached hydrogens (tertiary/aromatic N) is 1. The van der Waals surface area contributed by atoms with E-state index in [0.29, 0.717) is 25.9 Å². The van der Waals surface area contributed by atoms with Gasteiger partial charge in [0.1, 0.15) is 11.6 Å². The highest BCUT2D eigenvalue weighted by atomic mass is 79.9. The van der Waals surface area contributed by atoms with E-state index >= 15 is 0 Å². The number of fused-ring (bicyclic) bond motifs is 1. The van der Waals surface area contributed by atoms with Gasteiger partial charge in [-0.05, 0) is 50.5 Å². The number of ether oxygens (including phenoxy) is 1. The molecule has 0 aliphatic carbocycles. The Bertz CT molecular complexity index is 1070. The van der Waals surface area contributed by atoms with Crippen LogP contribution in [0.1, 0.15) is 78.7 Å². The Balaban J connectivity index is 1.60. The zero-order chi connectivity index (χ0) is 29.3. The van der Waals surface area contributed by atoms with Gasteiger partial charge in [-0.25, -0.2) is 0 Å². The van der Waals surface area contributed by atoms with Crippen molar-refractivity contribution in [1.29, 1.82) is 0 Å². The standard InChI is InChI=1S/C31H46BrN3O5/c1-29(2,3)19-30(4,5)34-27(38)25-31-17-21(32)24(40-31)22(26(37)33-18-20-13-9-8-10-14-20)23(31)28(39)35(25)15-11-6-7-12-16-36/h8-10,13-14,21-25,36H,6-7,11-12,15-19H2,1-5H3,(H,33,37)(H,34,38)/t21?,22-,23-,24-,25?,31?/m0/s1. The lowest BCUT2D eigenvalue weighted by molar-refractivity contribution is -0.143. The Hall–Kier alpha value is -1.97. The predicted octanol–water partition coefficient (Wildman–Crippen LogP) is 3.93. The summed E-state index contributed by atoms with van der Waals surface area (Å²) < 4.78 is 6.61. The van der Waals surface area contributed by atoms with Crippen molar-refractivity contribution in [3.63, 3.8) is 0 Å². The van der Waals surface area contributed by atoms with E-state index in [0.717, 1.165) is 31.2 Å². The van der Waals surface area contributed by atoms with Crippen molar-refractivity contribution in [2.75, 3.05) is 13.2 Å². The van der Waals surface area contributed by atoms with Gasteiger partial charge >= 0.3 is 0 Å². The van der Waals surface area contributed by atoms with Gasteiger partial charge in [-0.15, -0.1) is 0 Å². The number of halogens is 1. The molecule has 3 N–H and O–H groups in total. The Morgan fingerprint density at radius 2 is 1.75 bits per heavy atom. The van der Waals surface area contributed by atoms with Gasteiger partial charge in [-0.1, -0.05) is 79.9 Å². The number of carbonyl (C=O) groups excluding carboxylic acids is 3. The number of aliphatic hydroxyl groups excluding tert-OH is 1. The number of alkyl halides is 1. The number of nitrogens with one attached hydrogen (secondary N) is 2. The van der Waals surface area contributed by atoms with Gasteiger partial charge in [-0.3, -0.25) is 14.4 Å². The Morgan fingerprint density at radius 1 is 1.07 bits per heavy atom. The SMILES string of the molecule is CC(C)(C)CC(C)(C)NC(=O)C1N(CCCCCCO)C(=O)[C@@H]2[C@H](C(=O)NCc3ccccc3)[C@H]3OC12CC3Br. The molecule has 3 saturated heterocycles. The van der Waals surface area contributed by atoms with Gasteiger partial charge < -0.3 is 25.4 Å². The van der Waals surface area contributed by atoms with Gasteiger partial charge in [0.2, 0.25) is 17.7 Å². The van der Waals surface area contributed by atoms with Crippen molar-refractivity contribution in [1.82, 2.24) is 15.5 Å². The van der Waals surface area contributed by atoms with Crippen LogP contribution in [0.15, 0.2) is 30.3 Å². The first-order valence-corrected chi connectivity index (χ1v) is 15.6. The minimum absolute atomic E-state index is 0.000688. The topological polar surface area (TPSA) is 108 Å². The number of likely N-dealkylation sites (tertiary alicyclic amines) is 1. The third kappa shape index (κ3) is 6.41. The van der Waals surface area contributed by atoms with Crippen molar-refractivity contribution in [2.45, 2.75) is 108 Å². The molecule has 3 aliphatic rings. The highest BCUT2D eigenvalue weighted by molar-refractivity contribution is 9.09. The number of aliphatic hydroxyl groups is 1. The third-order valence-electron chi connectivity index (χ3n) is 8.39. The second-order valence-electron chi connectivity index (χ2n) is 13.6. The Kier molecular flexibility index (Phi) is 9.37. The van der Waals surface area contributed by atoms with Crippen molar-refractivity contribution in [2.24, 2.45) is 17.3 Å². The average molecular weight is 621 g/mol. The maximum atomic E-state index is 14.1. The quantitative estimate of drug-likeness (QED) is 0.243. The summed E-state index contributed by atoms with van der Waals surface area (Å²) in [5.41, 5.74) is -0.569. The summed E-state index contributed by atoms with van der Waals surface area (Å²) in [4.78, 5) is 43.4. The maximum Gasteiger partial charge on any atom is 0.246 e. The van der Waals surface area contributed by atoms with Gasteiger partial charge in [0, 0.05) is 30.1 Å². The molecule has 0 saturated carbocycles. The molecule has 3 unspecified atom stereocenters. The number of hydrogen-bond donors (Lipinski definition) is 3. The molecule has 9 heteroatoms. The molecule has 3 aliphatic heterocycles. The first-order chi connectivity index (χ1) is 18.8. The molecule has 1 aromatic carbocycles. The van der Waals surface area contributed by atoms with E-state index in [4.69, 9.17) is 9.84 Å². The molecular weight excluding hydrogens is 574 g/mol. The molecule has 0 radical (unpaired) electrons. The number of rotatable bonds is 12. The first-order valence-electron chi connectivity index (χ1n) is 14.7. The second-order valence-corrected chi connectivity index (χ2v) is 14.8. The largest absolute Gasteiger partial charge is 0.396 e. The third-order valence-corrected chi connectivity index (χ3v) is 9.24. The molecule has 222 valence electrons. The fraction of sp³-hybridized carbons (Fsp3) is 0.710. The summed E-state index contributed by atoms with van der Waals surface area (Å²) >= 11 is 3.74. The van der Waals surface area contributed by atoms with Crippen LogP contribution in [0, 0.1) is 17.3 Å². The monoisotopic (exact) mass is 619 g/mol. The fourth-order valence-corrected chi connectivity index (χ4v) is 8.34. The van der Waals surface area contributed by atoms with E-state index in [-0.39, 0.29) is 34.6 Å². The highest BCUT2D eigenvalue weighted by Gasteiger charge is 2.76. The lowest BCUT2D eigenvalue weighted by Crippen LogP contribution is -2.59. The molecule has 3 fully saturated rings. The average Bonchev–Trinajstić information content (AvgIpc) is 3.44. The smallest absolute Gasteiger partial charge is 0.246 e. The van der Waals surface area contributed by atoms with E-state index in [1.807, 2.05) is 44.2 Å². The van der Waals surface area contributed by atoms with Crippen LogP contribution in [0.2, 0.25) is 0 Å². The number of benzene rings is 1. The van der Waals surface area contributed by atoms with E-state index < -0.39 is 35.1 Å². The number of amides is 3. The molecule has 8 nitrogen and oxygen atoms in total. The summed E-state index contributed by atoms with van der Waals surface area (Å²) in [5, 5.41) is 15.4. The molecule has 40 heavy (non-hydrogen) atoms. The Labute approximate surface area is 247 Å². The normalized spacial score (nSPS) is 29.5. The van der Waals surface area contributed by atoms with Crippen LogP contribution in [-0.4, -0.2) is 69.0 Å². The van der Waals surface area contributed by atoms with Crippen LogP contribution in [0.5, 0.6) is 0 Å². The maximum absolute atomic E-state index is 14.1. The van der Waals surface area contributed by atoms with Crippen LogP contribution >= 0.6 is 15.9 Å². The van der Waals surface area contributed by atoms with E-state index in [1.165, 1.54) is 0 Å². The zero-order valence-electron chi connectivity index (χ0n) is 24.5. The number of unbranched alkanes of at least 4 members (excludes halogenated alkanes) is 3. The van der Waals surface area contributed by atoms with Crippen LogP contribution in [0.3, 0.4) is 0 Å². The molecule has 3 heterocycles. The number of hydrogen-bond acceptors (Lipinski definition) is 5. The van der Waals surface area contributed by atoms with Crippen LogP contribution in [0.4, 0.5) is 0 Å². The van der Waals surface area contributed by atoms with Crippen LogP contribution in [0.25, 0.3) is 0 Å². The Morgan fingerprint density at radius 3 is 2.40 bits per heavy atom. The minimum atomic E-state index is -1.06. The van der Waals surface area contributed by atoms with Crippen molar-refractivity contribution in [3.05, 3.63) is 35.9 Å². The molecule has 4 rings (SSSR count). The van der Waals surface area contributed by atoms with Crippen LogP contribution in [-0.2, 0) is 25.7 Å². The molecule has 0 aromatic heterocycles. The summed E-state index contributed by atoms with van der Waals surface area (Å²) in [6.07, 6.45) is 3.91. The van der Waals surface area contributed by atoms with Gasteiger partial charge in [0.05, 0.1) is 17.9 Å². The summed E-state index contributed by atoms with van der Waals surface area (Å²) in [7, 11) is 0. The lowest BCUT2D eigenvalue weighted by Gasteiger charge is -2.38. The van der Waals surface area contributed by atoms with E-state index in [1.54, 1.807) is 4.90 Å². The zero-order valence-corrected chi connectivity index (χ0v) is 26.1. The molecule has 1 spiro atoms. The van der Waals surface area contributed by atoms with E-state index in [2.05, 4.69) is 47.3 Å². The van der Waals surface area contributed by atoms with Crippen molar-refractivity contribution in [3.8, 4) is 0 Å². The molecule has 2 bridgehead atoms.